The molecule has 2 heterocycles. The third-order valence-electron chi connectivity index (χ3n) is 9.75. The van der Waals surface area contributed by atoms with Gasteiger partial charge in [0.05, 0.1) is 12.5 Å². The number of nitrogens with one attached hydrogen (secondary N) is 4. The van der Waals surface area contributed by atoms with E-state index in [1.54, 1.807) is 41.5 Å². The van der Waals surface area contributed by atoms with Gasteiger partial charge >= 0.3 is 11.9 Å². The topological polar surface area (TPSA) is 230 Å². The number of rotatable bonds is 25. The lowest BCUT2D eigenvalue weighted by atomic mass is 9.95. The molecule has 3 rings (SSSR count). The highest BCUT2D eigenvalue weighted by Crippen LogP contribution is 2.30. The van der Waals surface area contributed by atoms with Crippen LogP contribution in [0.25, 0.3) is 0 Å². The lowest BCUT2D eigenvalue weighted by Crippen LogP contribution is -2.49. The van der Waals surface area contributed by atoms with Gasteiger partial charge in [-0.15, -0.1) is 11.8 Å². The molecule has 17 nitrogen and oxygen atoms in total. The van der Waals surface area contributed by atoms with Gasteiger partial charge in [-0.05, 0) is 49.3 Å². The van der Waals surface area contributed by atoms with Crippen LogP contribution in [-0.4, -0.2) is 113 Å². The SMILES string of the molecule is CCCCC(=O)N(COC)C(CC(OC(C)=O)C1NC(C(=O)NC(Cc2ccc(NC(=O)CNC(=O)CCCN3C(=O)C=CC3=O)cc2)CC(C)C(=O)O)=CS1)C(C)C. The fourth-order valence-electron chi connectivity index (χ4n) is 6.58. The molecule has 18 heteroatoms. The summed E-state index contributed by atoms with van der Waals surface area (Å²) in [6.45, 7) is 8.73. The number of carbonyl (C=O) groups excluding carboxylic acids is 7. The van der Waals surface area contributed by atoms with Gasteiger partial charge in [-0.3, -0.25) is 43.3 Å². The van der Waals surface area contributed by atoms with Crippen LogP contribution in [0.3, 0.4) is 0 Å². The van der Waals surface area contributed by atoms with Gasteiger partial charge in [0.2, 0.25) is 17.7 Å². The van der Waals surface area contributed by atoms with Gasteiger partial charge in [-0.25, -0.2) is 0 Å². The summed E-state index contributed by atoms with van der Waals surface area (Å²) in [4.78, 5) is 102. The number of imide groups is 1. The molecule has 5 N–H and O–H groups in total. The first-order valence-corrected chi connectivity index (χ1v) is 20.8. The highest BCUT2D eigenvalue weighted by atomic mass is 32.2. The number of amides is 6. The number of anilines is 1. The van der Waals surface area contributed by atoms with Crippen LogP contribution in [0.4, 0.5) is 5.69 Å². The summed E-state index contributed by atoms with van der Waals surface area (Å²) in [6.07, 6.45) is 4.55. The van der Waals surface area contributed by atoms with Gasteiger partial charge < -0.3 is 40.7 Å². The van der Waals surface area contributed by atoms with Crippen molar-refractivity contribution in [2.45, 2.75) is 110 Å². The number of nitrogens with zero attached hydrogens (tertiary/aromatic N) is 2. The van der Waals surface area contributed by atoms with Crippen molar-refractivity contribution in [1.82, 2.24) is 25.8 Å². The molecule has 2 aliphatic heterocycles. The van der Waals surface area contributed by atoms with Gasteiger partial charge in [0, 0.05) is 75.2 Å². The highest BCUT2D eigenvalue weighted by molar-refractivity contribution is 8.03. The number of ether oxygens (including phenoxy) is 2. The Bertz CT molecular complexity index is 1720. The van der Waals surface area contributed by atoms with Crippen molar-refractivity contribution in [2.75, 3.05) is 32.2 Å². The predicted molar refractivity (Wildman–Crippen MR) is 220 cm³/mol. The number of methoxy groups -OCH3 is 1. The molecule has 1 aromatic carbocycles. The molecule has 1 aromatic rings. The number of hydrogen-bond acceptors (Lipinski definition) is 12. The Morgan fingerprint density at radius 3 is 2.24 bits per heavy atom. The van der Waals surface area contributed by atoms with Crippen molar-refractivity contribution in [2.24, 2.45) is 11.8 Å². The van der Waals surface area contributed by atoms with E-state index in [0.29, 0.717) is 18.5 Å². The Balaban J connectivity index is 1.59. The van der Waals surface area contributed by atoms with Crippen molar-refractivity contribution in [3.8, 4) is 0 Å². The third-order valence-corrected chi connectivity index (χ3v) is 10.8. The molecule has 59 heavy (non-hydrogen) atoms. The first kappa shape index (κ1) is 48.1. The highest BCUT2D eigenvalue weighted by Gasteiger charge is 2.37. The summed E-state index contributed by atoms with van der Waals surface area (Å²) in [5.41, 5.74) is 1.43. The zero-order chi connectivity index (χ0) is 43.6. The Morgan fingerprint density at radius 1 is 0.966 bits per heavy atom. The molecule has 0 fully saturated rings. The largest absolute Gasteiger partial charge is 0.481 e. The number of carboxylic acids is 1. The van der Waals surface area contributed by atoms with Crippen molar-refractivity contribution >= 4 is 64.8 Å². The summed E-state index contributed by atoms with van der Waals surface area (Å²) in [7, 11) is 1.52. The zero-order valence-corrected chi connectivity index (χ0v) is 35.4. The van der Waals surface area contributed by atoms with E-state index >= 15 is 0 Å². The summed E-state index contributed by atoms with van der Waals surface area (Å²) < 4.78 is 11.2. The maximum atomic E-state index is 13.6. The van der Waals surface area contributed by atoms with E-state index in [4.69, 9.17) is 9.47 Å². The van der Waals surface area contributed by atoms with E-state index in [1.165, 1.54) is 37.9 Å². The molecule has 0 saturated heterocycles. The summed E-state index contributed by atoms with van der Waals surface area (Å²) in [6, 6.07) is 5.86. The quantitative estimate of drug-likeness (QED) is 0.0543. The smallest absolute Gasteiger partial charge is 0.306 e. The second-order valence-electron chi connectivity index (χ2n) is 14.9. The maximum Gasteiger partial charge on any atom is 0.306 e. The van der Waals surface area contributed by atoms with Gasteiger partial charge in [-0.2, -0.15) is 0 Å². The number of aliphatic carboxylic acids is 1. The molecule has 0 aromatic heterocycles. The predicted octanol–water partition coefficient (Wildman–Crippen LogP) is 3.06. The Morgan fingerprint density at radius 2 is 1.64 bits per heavy atom. The number of hydrogen-bond donors (Lipinski definition) is 5. The minimum absolute atomic E-state index is 0.00477. The monoisotopic (exact) mass is 842 g/mol. The van der Waals surface area contributed by atoms with E-state index in [9.17, 15) is 43.5 Å². The average molecular weight is 843 g/mol. The van der Waals surface area contributed by atoms with Gasteiger partial charge in [0.1, 0.15) is 23.9 Å². The molecular formula is C41H58N6O11S. The van der Waals surface area contributed by atoms with Gasteiger partial charge in [0.15, 0.2) is 0 Å². The molecular weight excluding hydrogens is 785 g/mol. The van der Waals surface area contributed by atoms with Crippen molar-refractivity contribution in [3.05, 3.63) is 53.1 Å². The van der Waals surface area contributed by atoms with E-state index in [2.05, 4.69) is 21.3 Å². The van der Waals surface area contributed by atoms with Gasteiger partial charge in [-0.1, -0.05) is 46.2 Å². The lowest BCUT2D eigenvalue weighted by molar-refractivity contribution is -0.150. The first-order valence-electron chi connectivity index (χ1n) is 19.8. The Hall–Kier alpha value is -5.23. The van der Waals surface area contributed by atoms with Crippen molar-refractivity contribution in [3.63, 3.8) is 0 Å². The first-order chi connectivity index (χ1) is 28.0. The van der Waals surface area contributed by atoms with E-state index in [1.807, 2.05) is 20.8 Å². The van der Waals surface area contributed by atoms with Gasteiger partial charge in [0.25, 0.3) is 17.7 Å². The molecule has 5 unspecified atom stereocenters. The van der Waals surface area contributed by atoms with Crippen LogP contribution in [-0.2, 0) is 54.3 Å². The second kappa shape index (κ2) is 24.0. The minimum Gasteiger partial charge on any atom is -0.481 e. The Labute approximate surface area is 349 Å². The molecule has 2 aliphatic rings. The van der Waals surface area contributed by atoms with E-state index < -0.39 is 64.9 Å². The lowest BCUT2D eigenvalue weighted by Gasteiger charge is -2.37. The fourth-order valence-corrected chi connectivity index (χ4v) is 7.58. The normalized spacial score (nSPS) is 16.8. The van der Waals surface area contributed by atoms with Crippen LogP contribution < -0.4 is 21.3 Å². The van der Waals surface area contributed by atoms with Crippen LogP contribution in [0.5, 0.6) is 0 Å². The number of thioether (sulfide) groups is 1. The van der Waals surface area contributed by atoms with Crippen LogP contribution >= 0.6 is 11.8 Å². The molecule has 324 valence electrons. The number of unbranched alkanes of at least 4 members (excludes halogenated alkanes) is 1. The number of benzene rings is 1. The average Bonchev–Trinajstić information content (AvgIpc) is 3.80. The van der Waals surface area contributed by atoms with Crippen LogP contribution in [0.15, 0.2) is 47.5 Å². The fraction of sp³-hybridized carbons (Fsp3) is 0.561. The van der Waals surface area contributed by atoms with Crippen molar-refractivity contribution in [1.29, 1.82) is 0 Å². The summed E-state index contributed by atoms with van der Waals surface area (Å²) in [5.74, 6) is -4.57. The third kappa shape index (κ3) is 15.8. The summed E-state index contributed by atoms with van der Waals surface area (Å²) >= 11 is 1.28. The maximum absolute atomic E-state index is 13.6. The summed E-state index contributed by atoms with van der Waals surface area (Å²) in [5, 5.41) is 22.1. The van der Waals surface area contributed by atoms with Crippen LogP contribution in [0, 0.1) is 11.8 Å². The van der Waals surface area contributed by atoms with Crippen LogP contribution in [0.2, 0.25) is 0 Å². The molecule has 5 atom stereocenters. The zero-order valence-electron chi connectivity index (χ0n) is 34.6. The van der Waals surface area contributed by atoms with E-state index in [-0.39, 0.29) is 69.1 Å². The standard InChI is InChI=1S/C41H58N6O11S/c1-7-8-11-36(51)47(24-57-6)32(25(2)3)21-33(58-27(5)48)40-45-31(23-59-40)39(54)44-30(19-26(4)41(55)56)20-28-12-14-29(15-13-28)43-35(50)22-42-34(49)10-9-18-46-37(52)16-17-38(46)53/h12-17,23,25-26,30,32-33,40,45H,7-11,18-22,24H2,1-6H3,(H,42,49)(H,43,50)(H,44,54)(H,55,56). The number of esters is 1. The number of carboxylic acid groups (broad SMARTS) is 1. The molecule has 6 amide bonds. The minimum atomic E-state index is -1.02. The number of carbonyl (C=O) groups is 8. The van der Waals surface area contributed by atoms with Crippen molar-refractivity contribution < 1.29 is 52.9 Å². The Kier molecular flexibility index (Phi) is 19.6. The molecule has 0 spiro atoms. The molecule has 0 radical (unpaired) electrons. The van der Waals surface area contributed by atoms with Crippen LogP contribution in [0.1, 0.15) is 85.1 Å². The molecule has 0 bridgehead atoms. The van der Waals surface area contributed by atoms with E-state index in [0.717, 1.165) is 23.3 Å². The molecule has 0 aliphatic carbocycles. The molecule has 0 saturated carbocycles. The second-order valence-corrected chi connectivity index (χ2v) is 16.0.